The molecule has 0 unspecified atom stereocenters. The topological polar surface area (TPSA) is 49.4 Å². The van der Waals surface area contributed by atoms with E-state index in [1.807, 2.05) is 0 Å². The van der Waals surface area contributed by atoms with E-state index >= 15 is 0 Å². The summed E-state index contributed by atoms with van der Waals surface area (Å²) in [6.45, 7) is 3.18. The molecule has 0 aliphatic carbocycles. The van der Waals surface area contributed by atoms with Gasteiger partial charge >= 0.3 is 0 Å². The van der Waals surface area contributed by atoms with E-state index in [1.54, 1.807) is 24.1 Å². The van der Waals surface area contributed by atoms with Crippen LogP contribution in [0.5, 0.6) is 0 Å². The molecule has 0 atom stereocenters. The van der Waals surface area contributed by atoms with Gasteiger partial charge in [-0.3, -0.25) is 9.59 Å². The molecule has 0 radical (unpaired) electrons. The number of nitrogens with one attached hydrogen (secondary N) is 1. The minimum Gasteiger partial charge on any atom is -0.355 e. The number of halogens is 1. The van der Waals surface area contributed by atoms with Crippen molar-refractivity contribution in [3.05, 3.63) is 35.6 Å². The van der Waals surface area contributed by atoms with Gasteiger partial charge < -0.3 is 10.2 Å². The van der Waals surface area contributed by atoms with Gasteiger partial charge in [0.25, 0.3) is 0 Å². The summed E-state index contributed by atoms with van der Waals surface area (Å²) in [7, 11) is 1.71. The van der Waals surface area contributed by atoms with Gasteiger partial charge in [0.05, 0.1) is 0 Å². The Morgan fingerprint density at radius 1 is 1.24 bits per heavy atom. The summed E-state index contributed by atoms with van der Waals surface area (Å²) in [6, 6.07) is 6.16. The van der Waals surface area contributed by atoms with Crippen molar-refractivity contribution in [3.8, 4) is 0 Å². The van der Waals surface area contributed by atoms with Crippen molar-refractivity contribution in [2.75, 3.05) is 20.1 Å². The molecule has 0 saturated carbocycles. The Morgan fingerprint density at radius 3 is 2.52 bits per heavy atom. The van der Waals surface area contributed by atoms with E-state index in [-0.39, 0.29) is 24.1 Å². The number of carbonyl (C=O) groups excluding carboxylic acids is 2. The molecule has 0 bridgehead atoms. The Morgan fingerprint density at radius 2 is 1.90 bits per heavy atom. The molecule has 0 fully saturated rings. The first-order valence-electron chi connectivity index (χ1n) is 7.28. The zero-order chi connectivity index (χ0) is 15.7. The molecular formula is C16H23FN2O2. The van der Waals surface area contributed by atoms with E-state index in [1.165, 1.54) is 12.1 Å². The lowest BCUT2D eigenvalue weighted by atomic mass is 10.1. The summed E-state index contributed by atoms with van der Waals surface area (Å²) in [5, 5.41) is 2.71. The minimum atomic E-state index is -0.275. The molecule has 1 aromatic rings. The normalized spacial score (nSPS) is 10.2. The van der Waals surface area contributed by atoms with Crippen molar-refractivity contribution in [3.63, 3.8) is 0 Å². The van der Waals surface area contributed by atoms with Crippen molar-refractivity contribution in [1.29, 1.82) is 0 Å². The smallest absolute Gasteiger partial charge is 0.231 e. The van der Waals surface area contributed by atoms with Crippen LogP contribution in [0.3, 0.4) is 0 Å². The van der Waals surface area contributed by atoms with E-state index in [4.69, 9.17) is 0 Å². The Hall–Kier alpha value is -1.91. The van der Waals surface area contributed by atoms with Gasteiger partial charge in [-0.05, 0) is 30.5 Å². The molecule has 21 heavy (non-hydrogen) atoms. The first-order chi connectivity index (χ1) is 10.0. The molecule has 0 saturated heterocycles. The number of rotatable bonds is 8. The summed E-state index contributed by atoms with van der Waals surface area (Å²) >= 11 is 0. The molecule has 4 nitrogen and oxygen atoms in total. The van der Waals surface area contributed by atoms with Gasteiger partial charge in [0, 0.05) is 20.1 Å². The fourth-order valence-electron chi connectivity index (χ4n) is 1.85. The third kappa shape index (κ3) is 6.88. The van der Waals surface area contributed by atoms with E-state index in [0.717, 1.165) is 18.4 Å². The molecule has 116 valence electrons. The van der Waals surface area contributed by atoms with Crippen molar-refractivity contribution in [1.82, 2.24) is 10.2 Å². The number of nitrogens with zero attached hydrogens (tertiary/aromatic N) is 1. The molecule has 2 amide bonds. The summed E-state index contributed by atoms with van der Waals surface area (Å²) in [4.78, 5) is 25.0. The van der Waals surface area contributed by atoms with E-state index in [9.17, 15) is 14.0 Å². The molecule has 1 rings (SSSR count). The number of amides is 2. The van der Waals surface area contributed by atoms with E-state index < -0.39 is 0 Å². The maximum atomic E-state index is 12.7. The third-order valence-corrected chi connectivity index (χ3v) is 3.23. The van der Waals surface area contributed by atoms with Gasteiger partial charge in [-0.25, -0.2) is 4.39 Å². The fourth-order valence-corrected chi connectivity index (χ4v) is 1.85. The highest BCUT2D eigenvalue weighted by atomic mass is 19.1. The van der Waals surface area contributed by atoms with Gasteiger partial charge in [0.1, 0.15) is 12.2 Å². The summed E-state index contributed by atoms with van der Waals surface area (Å²) in [5.41, 5.74) is 0.947. The maximum absolute atomic E-state index is 12.7. The van der Waals surface area contributed by atoms with Crippen LogP contribution in [0.25, 0.3) is 0 Å². The van der Waals surface area contributed by atoms with Crippen LogP contribution in [0.4, 0.5) is 4.39 Å². The first kappa shape index (κ1) is 17.1. The molecular weight excluding hydrogens is 271 g/mol. The quantitative estimate of drug-likeness (QED) is 0.747. The second-order valence-electron chi connectivity index (χ2n) is 5.07. The van der Waals surface area contributed by atoms with Crippen LogP contribution in [0, 0.1) is 5.82 Å². The first-order valence-corrected chi connectivity index (χ1v) is 7.28. The SMILES string of the molecule is CCCCN(C)C(=O)CC(=O)NCCc1ccc(F)cc1. The predicted octanol–water partition coefficient (Wildman–Crippen LogP) is 2.13. The number of hydrogen-bond donors (Lipinski definition) is 1. The molecule has 0 heterocycles. The Kier molecular flexibility index (Phi) is 7.43. The summed E-state index contributed by atoms with van der Waals surface area (Å²) in [6.07, 6.45) is 2.45. The van der Waals surface area contributed by atoms with E-state index in [2.05, 4.69) is 12.2 Å². The van der Waals surface area contributed by atoms with Crippen molar-refractivity contribution in [2.24, 2.45) is 0 Å². The highest BCUT2D eigenvalue weighted by molar-refractivity contribution is 5.96. The molecule has 0 spiro atoms. The molecule has 1 N–H and O–H groups in total. The number of unbranched alkanes of at least 4 members (excludes halogenated alkanes) is 1. The highest BCUT2D eigenvalue weighted by Gasteiger charge is 2.12. The van der Waals surface area contributed by atoms with Crippen LogP contribution < -0.4 is 5.32 Å². The lowest BCUT2D eigenvalue weighted by molar-refractivity contribution is -0.135. The number of hydrogen-bond acceptors (Lipinski definition) is 2. The standard InChI is InChI=1S/C16H23FN2O2/c1-3-4-11-19(2)16(21)12-15(20)18-10-9-13-5-7-14(17)8-6-13/h5-8H,3-4,9-12H2,1-2H3,(H,18,20). The predicted molar refractivity (Wildman–Crippen MR) is 80.3 cm³/mol. The van der Waals surface area contributed by atoms with Crippen LogP contribution in [0.1, 0.15) is 31.7 Å². The molecule has 0 aliphatic rings. The van der Waals surface area contributed by atoms with Crippen LogP contribution in [0.15, 0.2) is 24.3 Å². The lowest BCUT2D eigenvalue weighted by Crippen LogP contribution is -2.34. The Labute approximate surface area is 125 Å². The number of carbonyl (C=O) groups is 2. The monoisotopic (exact) mass is 294 g/mol. The number of benzene rings is 1. The van der Waals surface area contributed by atoms with E-state index in [0.29, 0.717) is 19.5 Å². The van der Waals surface area contributed by atoms with Crippen molar-refractivity contribution in [2.45, 2.75) is 32.6 Å². The summed E-state index contributed by atoms with van der Waals surface area (Å²) < 4.78 is 12.7. The molecule has 5 heteroatoms. The average Bonchev–Trinajstić information content (AvgIpc) is 2.46. The minimum absolute atomic E-state index is 0.121. The largest absolute Gasteiger partial charge is 0.355 e. The van der Waals surface area contributed by atoms with Gasteiger partial charge in [0.2, 0.25) is 11.8 Å². The van der Waals surface area contributed by atoms with Gasteiger partial charge in [-0.2, -0.15) is 0 Å². The second-order valence-corrected chi connectivity index (χ2v) is 5.07. The zero-order valence-corrected chi connectivity index (χ0v) is 12.7. The fraction of sp³-hybridized carbons (Fsp3) is 0.500. The van der Waals surface area contributed by atoms with Crippen molar-refractivity contribution < 1.29 is 14.0 Å². The molecule has 0 aromatic heterocycles. The van der Waals surface area contributed by atoms with Crippen LogP contribution in [-0.2, 0) is 16.0 Å². The second kappa shape index (κ2) is 9.10. The highest BCUT2D eigenvalue weighted by Crippen LogP contribution is 2.03. The Balaban J connectivity index is 2.24. The average molecular weight is 294 g/mol. The van der Waals surface area contributed by atoms with Crippen molar-refractivity contribution >= 4 is 11.8 Å². The van der Waals surface area contributed by atoms with Gasteiger partial charge in [-0.1, -0.05) is 25.5 Å². The van der Waals surface area contributed by atoms with Gasteiger partial charge in [-0.15, -0.1) is 0 Å². The third-order valence-electron chi connectivity index (χ3n) is 3.23. The Bertz CT molecular complexity index is 460. The zero-order valence-electron chi connectivity index (χ0n) is 12.7. The van der Waals surface area contributed by atoms with Crippen LogP contribution in [0.2, 0.25) is 0 Å². The van der Waals surface area contributed by atoms with Crippen LogP contribution in [-0.4, -0.2) is 36.9 Å². The van der Waals surface area contributed by atoms with Crippen LogP contribution >= 0.6 is 0 Å². The van der Waals surface area contributed by atoms with Gasteiger partial charge in [0.15, 0.2) is 0 Å². The summed E-state index contributed by atoms with van der Waals surface area (Å²) in [5.74, 6) is -0.711. The lowest BCUT2D eigenvalue weighted by Gasteiger charge is -2.16. The maximum Gasteiger partial charge on any atom is 0.231 e. The molecule has 1 aromatic carbocycles. The molecule has 0 aliphatic heterocycles.